The van der Waals surface area contributed by atoms with Crippen molar-refractivity contribution in [3.05, 3.63) is 22.7 Å². The summed E-state index contributed by atoms with van der Waals surface area (Å²) >= 11 is 3.33. The monoisotopic (exact) mass is 304 g/mol. The summed E-state index contributed by atoms with van der Waals surface area (Å²) in [6, 6.07) is 5.06. The maximum absolute atomic E-state index is 12.0. The van der Waals surface area contributed by atoms with E-state index >= 15 is 0 Å². The van der Waals surface area contributed by atoms with E-state index in [1.807, 2.05) is 0 Å². The van der Waals surface area contributed by atoms with Gasteiger partial charge in [0.1, 0.15) is 0 Å². The van der Waals surface area contributed by atoms with Crippen molar-refractivity contribution in [2.45, 2.75) is 17.4 Å². The lowest BCUT2D eigenvalue weighted by molar-refractivity contribution is 0.580. The molecule has 1 aliphatic heterocycles. The minimum absolute atomic E-state index is 0.0863. The number of sulfone groups is 1. The van der Waals surface area contributed by atoms with Crippen LogP contribution in [0.1, 0.15) is 6.42 Å². The molecule has 0 bridgehead atoms. The van der Waals surface area contributed by atoms with Gasteiger partial charge < -0.3 is 11.1 Å². The van der Waals surface area contributed by atoms with Crippen LogP contribution in [-0.2, 0) is 9.84 Å². The summed E-state index contributed by atoms with van der Waals surface area (Å²) in [6.07, 6.45) is 0.658. The third-order valence-electron chi connectivity index (χ3n) is 2.57. The number of rotatable bonds is 2. The molecule has 4 nitrogen and oxygen atoms in total. The Morgan fingerprint density at radius 1 is 1.50 bits per heavy atom. The Morgan fingerprint density at radius 3 is 2.94 bits per heavy atom. The molecule has 1 aromatic rings. The second-order valence-electron chi connectivity index (χ2n) is 3.84. The summed E-state index contributed by atoms with van der Waals surface area (Å²) in [4.78, 5) is 0.379. The van der Waals surface area contributed by atoms with Gasteiger partial charge >= 0.3 is 0 Å². The van der Waals surface area contributed by atoms with Crippen molar-refractivity contribution < 1.29 is 8.42 Å². The van der Waals surface area contributed by atoms with Gasteiger partial charge in [0.25, 0.3) is 0 Å². The van der Waals surface area contributed by atoms with Crippen LogP contribution in [0.3, 0.4) is 0 Å². The highest BCUT2D eigenvalue weighted by molar-refractivity contribution is 9.10. The summed E-state index contributed by atoms with van der Waals surface area (Å²) in [6.45, 7) is 0.483. The number of fused-ring (bicyclic) bond motifs is 1. The van der Waals surface area contributed by atoms with E-state index in [-0.39, 0.29) is 11.8 Å². The first kappa shape index (κ1) is 11.9. The average molecular weight is 305 g/mol. The van der Waals surface area contributed by atoms with E-state index in [4.69, 9.17) is 5.73 Å². The van der Waals surface area contributed by atoms with Gasteiger partial charge in [0.05, 0.1) is 16.3 Å². The molecule has 6 heteroatoms. The minimum Gasteiger partial charge on any atom is -0.380 e. The average Bonchev–Trinajstić information content (AvgIpc) is 2.15. The second-order valence-corrected chi connectivity index (χ2v) is 6.76. The van der Waals surface area contributed by atoms with E-state index in [1.54, 1.807) is 18.2 Å². The van der Waals surface area contributed by atoms with Gasteiger partial charge in [0.15, 0.2) is 9.84 Å². The fourth-order valence-electron chi connectivity index (χ4n) is 1.86. The quantitative estimate of drug-likeness (QED) is 0.865. The summed E-state index contributed by atoms with van der Waals surface area (Å²) in [5, 5.41) is 3.21. The number of nitrogens with two attached hydrogens (primary N) is 1. The van der Waals surface area contributed by atoms with Gasteiger partial charge in [-0.25, -0.2) is 8.42 Å². The molecule has 1 unspecified atom stereocenters. The third-order valence-corrected chi connectivity index (χ3v) is 4.93. The first-order valence-corrected chi connectivity index (χ1v) is 7.46. The Morgan fingerprint density at radius 2 is 2.25 bits per heavy atom. The zero-order chi connectivity index (χ0) is 11.8. The maximum Gasteiger partial charge on any atom is 0.182 e. The normalized spacial score (nSPS) is 22.2. The molecule has 0 amide bonds. The van der Waals surface area contributed by atoms with Crippen LogP contribution in [0, 0.1) is 0 Å². The molecule has 1 aliphatic rings. The van der Waals surface area contributed by atoms with Gasteiger partial charge in [0, 0.05) is 10.5 Å². The van der Waals surface area contributed by atoms with Crippen molar-refractivity contribution in [1.82, 2.24) is 0 Å². The SMILES string of the molecule is NCCC1CS(=O)(=O)c2ccc(Br)cc2N1. The molecule has 88 valence electrons. The molecule has 2 rings (SSSR count). The van der Waals surface area contributed by atoms with Crippen molar-refractivity contribution in [2.75, 3.05) is 17.6 Å². The lowest BCUT2D eigenvalue weighted by Crippen LogP contribution is -2.35. The van der Waals surface area contributed by atoms with Crippen molar-refractivity contribution in [1.29, 1.82) is 0 Å². The minimum atomic E-state index is -3.17. The lowest BCUT2D eigenvalue weighted by Gasteiger charge is -2.26. The number of anilines is 1. The maximum atomic E-state index is 12.0. The summed E-state index contributed by atoms with van der Waals surface area (Å²) < 4.78 is 24.8. The topological polar surface area (TPSA) is 72.2 Å². The molecule has 0 aromatic heterocycles. The van der Waals surface area contributed by atoms with Gasteiger partial charge in [-0.2, -0.15) is 0 Å². The predicted molar refractivity (Wildman–Crippen MR) is 67.3 cm³/mol. The molecular weight excluding hydrogens is 292 g/mol. The van der Waals surface area contributed by atoms with Gasteiger partial charge in [-0.3, -0.25) is 0 Å². The van der Waals surface area contributed by atoms with Crippen LogP contribution in [0.25, 0.3) is 0 Å². The third kappa shape index (κ3) is 2.23. The van der Waals surface area contributed by atoms with E-state index in [0.29, 0.717) is 23.5 Å². The first-order chi connectivity index (χ1) is 7.53. The fourth-order valence-corrected chi connectivity index (χ4v) is 3.91. The van der Waals surface area contributed by atoms with E-state index in [1.165, 1.54) is 0 Å². The van der Waals surface area contributed by atoms with Crippen molar-refractivity contribution >= 4 is 31.5 Å². The van der Waals surface area contributed by atoms with Gasteiger partial charge in [-0.15, -0.1) is 0 Å². The molecule has 0 aliphatic carbocycles. The standard InChI is InChI=1S/C10H13BrN2O2S/c11-7-1-2-10-9(5-7)13-8(3-4-12)6-16(10,14)15/h1-2,5,8,13H,3-4,6,12H2. The zero-order valence-electron chi connectivity index (χ0n) is 8.61. The van der Waals surface area contributed by atoms with Crippen LogP contribution in [0.4, 0.5) is 5.69 Å². The van der Waals surface area contributed by atoms with Gasteiger partial charge in [-0.1, -0.05) is 15.9 Å². The molecule has 1 atom stereocenters. The van der Waals surface area contributed by atoms with E-state index in [2.05, 4.69) is 21.2 Å². The summed E-state index contributed by atoms with van der Waals surface area (Å²) in [5.41, 5.74) is 6.12. The Balaban J connectivity index is 2.44. The Kier molecular flexibility index (Phi) is 3.23. The highest BCUT2D eigenvalue weighted by atomic mass is 79.9. The molecule has 16 heavy (non-hydrogen) atoms. The van der Waals surface area contributed by atoms with Crippen molar-refractivity contribution in [2.24, 2.45) is 5.73 Å². The van der Waals surface area contributed by atoms with Crippen LogP contribution in [-0.4, -0.2) is 26.8 Å². The molecule has 1 aromatic carbocycles. The van der Waals surface area contributed by atoms with E-state index < -0.39 is 9.84 Å². The molecule has 0 spiro atoms. The van der Waals surface area contributed by atoms with Crippen LogP contribution in [0.2, 0.25) is 0 Å². The number of benzene rings is 1. The van der Waals surface area contributed by atoms with Gasteiger partial charge in [-0.05, 0) is 31.2 Å². The van der Waals surface area contributed by atoms with Crippen LogP contribution in [0.5, 0.6) is 0 Å². The summed E-state index contributed by atoms with van der Waals surface area (Å²) in [7, 11) is -3.17. The Labute approximate surface area is 103 Å². The number of halogens is 1. The van der Waals surface area contributed by atoms with Crippen molar-refractivity contribution in [3.8, 4) is 0 Å². The Bertz CT molecular complexity index is 502. The molecule has 0 fully saturated rings. The molecule has 3 N–H and O–H groups in total. The first-order valence-electron chi connectivity index (χ1n) is 5.02. The predicted octanol–water partition coefficient (Wildman–Crippen LogP) is 1.37. The smallest absolute Gasteiger partial charge is 0.182 e. The van der Waals surface area contributed by atoms with E-state index in [9.17, 15) is 8.42 Å². The van der Waals surface area contributed by atoms with Crippen LogP contribution >= 0.6 is 15.9 Å². The molecule has 1 heterocycles. The number of hydrogen-bond donors (Lipinski definition) is 2. The van der Waals surface area contributed by atoms with E-state index in [0.717, 1.165) is 4.47 Å². The zero-order valence-corrected chi connectivity index (χ0v) is 11.0. The highest BCUT2D eigenvalue weighted by Gasteiger charge is 2.29. The van der Waals surface area contributed by atoms with Crippen LogP contribution in [0.15, 0.2) is 27.6 Å². The van der Waals surface area contributed by atoms with Crippen molar-refractivity contribution in [3.63, 3.8) is 0 Å². The Hall–Kier alpha value is -0.590. The highest BCUT2D eigenvalue weighted by Crippen LogP contribution is 2.31. The lowest BCUT2D eigenvalue weighted by atomic mass is 10.2. The largest absolute Gasteiger partial charge is 0.380 e. The summed E-state index contributed by atoms with van der Waals surface area (Å²) in [5.74, 6) is 0.124. The number of nitrogens with one attached hydrogen (secondary N) is 1. The molecule has 0 saturated carbocycles. The van der Waals surface area contributed by atoms with Gasteiger partial charge in [0.2, 0.25) is 0 Å². The molecule has 0 saturated heterocycles. The second kappa shape index (κ2) is 4.35. The number of hydrogen-bond acceptors (Lipinski definition) is 4. The fraction of sp³-hybridized carbons (Fsp3) is 0.400. The molecule has 0 radical (unpaired) electrons. The van der Waals surface area contributed by atoms with Crippen LogP contribution < -0.4 is 11.1 Å². The molecular formula is C10H13BrN2O2S.